The molecule has 1 heterocycles. The van der Waals surface area contributed by atoms with Crippen LogP contribution in [0.5, 0.6) is 0 Å². The number of hydrogen-bond acceptors (Lipinski definition) is 4. The lowest BCUT2D eigenvalue weighted by Gasteiger charge is -2.37. The smallest absolute Gasteiger partial charge is 0.253 e. The lowest BCUT2D eigenvalue weighted by Crippen LogP contribution is -2.50. The second kappa shape index (κ2) is 7.80. The Balaban J connectivity index is 2.21. The van der Waals surface area contributed by atoms with Gasteiger partial charge < -0.3 is 4.90 Å². The molecule has 0 spiro atoms. The van der Waals surface area contributed by atoms with Gasteiger partial charge in [0.25, 0.3) is 5.91 Å². The highest BCUT2D eigenvalue weighted by atomic mass is 32.2. The molecule has 0 atom stereocenters. The Morgan fingerprint density at radius 1 is 1.12 bits per heavy atom. The van der Waals surface area contributed by atoms with E-state index in [2.05, 4.69) is 23.5 Å². The van der Waals surface area contributed by atoms with Crippen molar-refractivity contribution in [3.63, 3.8) is 0 Å². The lowest BCUT2D eigenvalue weighted by atomic mass is 10.1. The molecule has 25 heavy (non-hydrogen) atoms. The number of benzene rings is 1. The number of piperazine rings is 1. The summed E-state index contributed by atoms with van der Waals surface area (Å²) in [7, 11) is -4.00. The van der Waals surface area contributed by atoms with Gasteiger partial charge in [-0.2, -0.15) is 0 Å². The molecule has 0 bridgehead atoms. The van der Waals surface area contributed by atoms with Crippen LogP contribution in [0.4, 0.5) is 4.39 Å². The van der Waals surface area contributed by atoms with Gasteiger partial charge in [-0.3, -0.25) is 9.69 Å². The van der Waals surface area contributed by atoms with Crippen LogP contribution in [0.2, 0.25) is 0 Å². The van der Waals surface area contributed by atoms with Gasteiger partial charge in [0.2, 0.25) is 10.0 Å². The molecule has 0 unspecified atom stereocenters. The summed E-state index contributed by atoms with van der Waals surface area (Å²) in [6.07, 6.45) is 0. The van der Waals surface area contributed by atoms with Crippen LogP contribution in [0.1, 0.15) is 38.1 Å². The fraction of sp³-hybridized carbons (Fsp3) is 0.588. The normalized spacial score (nSPS) is 16.7. The fourth-order valence-corrected chi connectivity index (χ4v) is 4.19. The van der Waals surface area contributed by atoms with Crippen molar-refractivity contribution in [1.29, 1.82) is 0 Å². The zero-order valence-corrected chi connectivity index (χ0v) is 15.9. The van der Waals surface area contributed by atoms with Crippen LogP contribution in [0, 0.1) is 5.82 Å². The molecule has 6 nitrogen and oxygen atoms in total. The van der Waals surface area contributed by atoms with Crippen molar-refractivity contribution in [3.05, 3.63) is 29.6 Å². The largest absolute Gasteiger partial charge is 0.336 e. The van der Waals surface area contributed by atoms with Gasteiger partial charge >= 0.3 is 0 Å². The number of sulfonamides is 1. The monoisotopic (exact) mass is 371 g/mol. The maximum Gasteiger partial charge on any atom is 0.253 e. The van der Waals surface area contributed by atoms with E-state index in [0.29, 0.717) is 19.1 Å². The SMILES string of the molecule is CC(C)NS(=O)(=O)c1cc(C(=O)N2CCN(C(C)C)CC2)ccc1F. The summed E-state index contributed by atoms with van der Waals surface area (Å²) in [6.45, 7) is 10.2. The molecule has 1 aromatic carbocycles. The highest BCUT2D eigenvalue weighted by molar-refractivity contribution is 7.89. The van der Waals surface area contributed by atoms with Crippen LogP contribution >= 0.6 is 0 Å². The molecule has 1 aliphatic rings. The zero-order chi connectivity index (χ0) is 18.8. The highest BCUT2D eigenvalue weighted by Crippen LogP contribution is 2.19. The van der Waals surface area contributed by atoms with E-state index in [0.717, 1.165) is 25.2 Å². The zero-order valence-electron chi connectivity index (χ0n) is 15.1. The molecule has 2 rings (SSSR count). The van der Waals surface area contributed by atoms with Gasteiger partial charge in [-0.05, 0) is 45.9 Å². The minimum Gasteiger partial charge on any atom is -0.336 e. The van der Waals surface area contributed by atoms with Crippen molar-refractivity contribution in [2.45, 2.75) is 44.7 Å². The lowest BCUT2D eigenvalue weighted by molar-refractivity contribution is 0.0595. The molecule has 1 aliphatic heterocycles. The summed E-state index contributed by atoms with van der Waals surface area (Å²) in [4.78, 5) is 16.1. The molecule has 0 radical (unpaired) electrons. The molecular formula is C17H26FN3O3S. The number of halogens is 1. The molecule has 8 heteroatoms. The van der Waals surface area contributed by atoms with Crippen molar-refractivity contribution >= 4 is 15.9 Å². The first kappa shape index (κ1) is 19.8. The number of amides is 1. The number of hydrogen-bond donors (Lipinski definition) is 1. The Hall–Kier alpha value is -1.51. The first-order valence-corrected chi connectivity index (χ1v) is 9.95. The summed E-state index contributed by atoms with van der Waals surface area (Å²) >= 11 is 0. The maximum atomic E-state index is 14.0. The van der Waals surface area contributed by atoms with E-state index in [-0.39, 0.29) is 17.5 Å². The summed E-state index contributed by atoms with van der Waals surface area (Å²) in [6, 6.07) is 3.54. The van der Waals surface area contributed by atoms with Gasteiger partial charge in [-0.1, -0.05) is 0 Å². The fourth-order valence-electron chi connectivity index (χ4n) is 2.84. The van der Waals surface area contributed by atoms with E-state index in [1.54, 1.807) is 18.7 Å². The van der Waals surface area contributed by atoms with Crippen molar-refractivity contribution in [1.82, 2.24) is 14.5 Å². The average Bonchev–Trinajstić information content (AvgIpc) is 2.53. The summed E-state index contributed by atoms with van der Waals surface area (Å²) in [5.41, 5.74) is 0.184. The third-order valence-corrected chi connectivity index (χ3v) is 5.86. The van der Waals surface area contributed by atoms with E-state index in [9.17, 15) is 17.6 Å². The van der Waals surface area contributed by atoms with Crippen LogP contribution in [0.25, 0.3) is 0 Å². The predicted molar refractivity (Wildman–Crippen MR) is 94.5 cm³/mol. The number of nitrogens with one attached hydrogen (secondary N) is 1. The van der Waals surface area contributed by atoms with Crippen molar-refractivity contribution < 1.29 is 17.6 Å². The minimum absolute atomic E-state index is 0.184. The Morgan fingerprint density at radius 2 is 1.72 bits per heavy atom. The standard InChI is InChI=1S/C17H26FN3O3S/c1-12(2)19-25(23,24)16-11-14(5-6-15(16)18)17(22)21-9-7-20(8-10-21)13(3)4/h5-6,11-13,19H,7-10H2,1-4H3. The Morgan fingerprint density at radius 3 is 2.24 bits per heavy atom. The predicted octanol–water partition coefficient (Wildman–Crippen LogP) is 1.68. The molecule has 0 aliphatic carbocycles. The third-order valence-electron chi connectivity index (χ3n) is 4.19. The Bertz CT molecular complexity index is 727. The first-order valence-electron chi connectivity index (χ1n) is 8.47. The quantitative estimate of drug-likeness (QED) is 0.855. The van der Waals surface area contributed by atoms with E-state index in [1.165, 1.54) is 6.07 Å². The number of rotatable bonds is 5. The average molecular weight is 371 g/mol. The Kier molecular flexibility index (Phi) is 6.18. The van der Waals surface area contributed by atoms with Gasteiger partial charge in [0.05, 0.1) is 0 Å². The topological polar surface area (TPSA) is 69.7 Å². The van der Waals surface area contributed by atoms with Crippen LogP contribution < -0.4 is 4.72 Å². The summed E-state index contributed by atoms with van der Waals surface area (Å²) in [5.74, 6) is -1.14. The molecule has 140 valence electrons. The maximum absolute atomic E-state index is 14.0. The van der Waals surface area contributed by atoms with Crippen LogP contribution in [0.3, 0.4) is 0 Å². The molecular weight excluding hydrogens is 345 g/mol. The van der Waals surface area contributed by atoms with E-state index >= 15 is 0 Å². The molecule has 1 N–H and O–H groups in total. The van der Waals surface area contributed by atoms with Gasteiger partial charge in [0.1, 0.15) is 10.7 Å². The first-order chi connectivity index (χ1) is 11.6. The van der Waals surface area contributed by atoms with Crippen LogP contribution in [0.15, 0.2) is 23.1 Å². The second-order valence-corrected chi connectivity index (χ2v) is 8.53. The van der Waals surface area contributed by atoms with E-state index in [4.69, 9.17) is 0 Å². The van der Waals surface area contributed by atoms with Gasteiger partial charge in [-0.15, -0.1) is 0 Å². The Labute approximate surface area is 149 Å². The molecule has 0 saturated carbocycles. The molecule has 1 fully saturated rings. The number of nitrogens with zero attached hydrogens (tertiary/aromatic N) is 2. The molecule has 1 amide bonds. The van der Waals surface area contributed by atoms with Crippen LogP contribution in [-0.4, -0.2) is 62.4 Å². The number of carbonyl (C=O) groups excluding carboxylic acids is 1. The molecule has 1 saturated heterocycles. The van der Waals surface area contributed by atoms with Crippen LogP contribution in [-0.2, 0) is 10.0 Å². The molecule has 0 aromatic heterocycles. The second-order valence-electron chi connectivity index (χ2n) is 6.84. The minimum atomic E-state index is -4.00. The van der Waals surface area contributed by atoms with Crippen molar-refractivity contribution in [2.24, 2.45) is 0 Å². The van der Waals surface area contributed by atoms with Crippen molar-refractivity contribution in [2.75, 3.05) is 26.2 Å². The van der Waals surface area contributed by atoms with Crippen molar-refractivity contribution in [3.8, 4) is 0 Å². The number of carbonyl (C=O) groups is 1. The third kappa shape index (κ3) is 4.77. The van der Waals surface area contributed by atoms with E-state index < -0.39 is 20.7 Å². The van der Waals surface area contributed by atoms with Gasteiger partial charge in [-0.25, -0.2) is 17.5 Å². The summed E-state index contributed by atoms with van der Waals surface area (Å²) < 4.78 is 40.9. The highest BCUT2D eigenvalue weighted by Gasteiger charge is 2.26. The van der Waals surface area contributed by atoms with E-state index in [1.807, 2.05) is 0 Å². The van der Waals surface area contributed by atoms with Gasteiger partial charge in [0.15, 0.2) is 0 Å². The summed E-state index contributed by atoms with van der Waals surface area (Å²) in [5, 5.41) is 0. The van der Waals surface area contributed by atoms with Gasteiger partial charge in [0, 0.05) is 43.8 Å². The molecule has 1 aromatic rings.